The van der Waals surface area contributed by atoms with E-state index in [1.54, 1.807) is 0 Å². The van der Waals surface area contributed by atoms with Gasteiger partial charge < -0.3 is 19.3 Å². The standard InChI is InChI=1S/C53H69F2N5O3Si/c1-33(2)64(34(3)4,35(5)6)25-16-37-12-11-13-38-26-36(7)27-41(44(37)38)45-43(54)28-42-47(46(45)55)56-49(62-32-53(19-20-53)31-58-23-21-52(17-18-52)22-24-58)57-48(42)59-29-39-14-15-40(30-59)60(39)50(61)63-51(8,9)10/h11-13,26-28,33-35,39-40H,14-15,17-24,29-32H2,1-10H3. The van der Waals surface area contributed by atoms with E-state index in [0.29, 0.717) is 58.5 Å². The Morgan fingerprint density at radius 1 is 0.906 bits per heavy atom. The molecule has 64 heavy (non-hydrogen) atoms. The summed E-state index contributed by atoms with van der Waals surface area (Å²) in [7, 11) is -2.13. The van der Waals surface area contributed by atoms with Crippen molar-refractivity contribution < 1.29 is 23.0 Å². The van der Waals surface area contributed by atoms with E-state index in [1.165, 1.54) is 31.7 Å². The molecule has 3 aromatic carbocycles. The lowest BCUT2D eigenvalue weighted by Gasteiger charge is -2.42. The summed E-state index contributed by atoms with van der Waals surface area (Å²) in [5.74, 6) is 2.63. The Kier molecular flexibility index (Phi) is 11.6. The molecule has 0 radical (unpaired) electrons. The van der Waals surface area contributed by atoms with Crippen molar-refractivity contribution >= 4 is 41.7 Å². The van der Waals surface area contributed by atoms with Crippen LogP contribution in [-0.4, -0.2) is 91.0 Å². The molecule has 11 heteroatoms. The van der Waals surface area contributed by atoms with E-state index in [0.717, 1.165) is 67.2 Å². The first-order chi connectivity index (χ1) is 30.3. The highest BCUT2D eigenvalue weighted by molar-refractivity contribution is 6.90. The topological polar surface area (TPSA) is 71.0 Å². The minimum Gasteiger partial charge on any atom is -0.463 e. The van der Waals surface area contributed by atoms with Crippen LogP contribution in [0.25, 0.3) is 32.8 Å². The number of piperazine rings is 1. The molecule has 5 fully saturated rings. The van der Waals surface area contributed by atoms with E-state index in [9.17, 15) is 4.79 Å². The van der Waals surface area contributed by atoms with E-state index in [1.807, 2.05) is 56.9 Å². The molecule has 4 heterocycles. The quantitative estimate of drug-likeness (QED) is 0.116. The van der Waals surface area contributed by atoms with Gasteiger partial charge in [0.25, 0.3) is 0 Å². The number of hydrogen-bond acceptors (Lipinski definition) is 7. The third kappa shape index (κ3) is 8.40. The highest BCUT2D eigenvalue weighted by Crippen LogP contribution is 2.55. The van der Waals surface area contributed by atoms with E-state index in [2.05, 4.69) is 68.9 Å². The van der Waals surface area contributed by atoms with E-state index < -0.39 is 25.3 Å². The third-order valence-corrected chi connectivity index (χ3v) is 22.1. The molecule has 1 aromatic heterocycles. The minimum atomic E-state index is -2.13. The van der Waals surface area contributed by atoms with Crippen LogP contribution >= 0.6 is 0 Å². The van der Waals surface area contributed by atoms with Crippen LogP contribution in [0.4, 0.5) is 19.4 Å². The van der Waals surface area contributed by atoms with Gasteiger partial charge in [0.05, 0.1) is 24.3 Å². The first-order valence-corrected chi connectivity index (χ1v) is 26.4. The van der Waals surface area contributed by atoms with Crippen LogP contribution in [0, 0.1) is 40.9 Å². The minimum absolute atomic E-state index is 0.0102. The lowest BCUT2D eigenvalue weighted by molar-refractivity contribution is 0.0122. The summed E-state index contributed by atoms with van der Waals surface area (Å²) in [6.45, 7) is 25.9. The molecular formula is C53H69F2N5O3Si. The summed E-state index contributed by atoms with van der Waals surface area (Å²) in [4.78, 5) is 29.8. The highest BCUT2D eigenvalue weighted by Gasteiger charge is 2.50. The van der Waals surface area contributed by atoms with Crippen molar-refractivity contribution in [2.24, 2.45) is 10.8 Å². The van der Waals surface area contributed by atoms with Gasteiger partial charge in [0.15, 0.2) is 5.82 Å². The lowest BCUT2D eigenvalue weighted by Crippen LogP contribution is -2.57. The van der Waals surface area contributed by atoms with Gasteiger partial charge in [-0.1, -0.05) is 71.7 Å². The number of carbonyl (C=O) groups is 1. The number of benzene rings is 3. The highest BCUT2D eigenvalue weighted by atomic mass is 28.3. The number of piperidine rings is 1. The van der Waals surface area contributed by atoms with E-state index in [-0.39, 0.29) is 40.7 Å². The molecule has 2 saturated carbocycles. The summed E-state index contributed by atoms with van der Waals surface area (Å²) >= 11 is 0. The van der Waals surface area contributed by atoms with Crippen LogP contribution in [0.15, 0.2) is 36.4 Å². The Labute approximate surface area is 380 Å². The number of nitrogens with zero attached hydrogens (tertiary/aromatic N) is 5. The fourth-order valence-electron chi connectivity index (χ4n) is 12.0. The van der Waals surface area contributed by atoms with Crippen molar-refractivity contribution in [3.8, 4) is 28.6 Å². The largest absolute Gasteiger partial charge is 0.463 e. The molecule has 4 aromatic rings. The summed E-state index contributed by atoms with van der Waals surface area (Å²) in [5, 5.41) is 1.91. The van der Waals surface area contributed by atoms with Crippen molar-refractivity contribution in [2.75, 3.05) is 44.2 Å². The molecule has 3 aliphatic heterocycles. The molecule has 2 unspecified atom stereocenters. The molecule has 2 aliphatic carbocycles. The normalized spacial score (nSPS) is 21.6. The van der Waals surface area contributed by atoms with Crippen molar-refractivity contribution in [3.63, 3.8) is 0 Å². The molecule has 2 bridgehead atoms. The molecule has 3 saturated heterocycles. The second kappa shape index (κ2) is 16.6. The summed E-state index contributed by atoms with van der Waals surface area (Å²) in [6.07, 6.45) is 8.73. The first kappa shape index (κ1) is 44.9. The summed E-state index contributed by atoms with van der Waals surface area (Å²) < 4.78 is 47.5. The second-order valence-electron chi connectivity index (χ2n) is 22.4. The van der Waals surface area contributed by atoms with Crippen molar-refractivity contribution in [2.45, 2.75) is 155 Å². The number of hydrogen-bond donors (Lipinski definition) is 0. The SMILES string of the molecule is Cc1cc(-c2c(F)cc3c(N4CC5CCC(C4)N5C(=O)OC(C)(C)C)nc(OCC4(CN5CCC6(CC5)CC6)CC4)nc3c2F)c2c(C#C[Si](C(C)C)(C(C)C)C(C)C)cccc2c1. The third-order valence-electron chi connectivity index (χ3n) is 15.8. The van der Waals surface area contributed by atoms with Gasteiger partial charge in [-0.15, -0.1) is 5.54 Å². The summed E-state index contributed by atoms with van der Waals surface area (Å²) in [6, 6.07) is 11.2. The van der Waals surface area contributed by atoms with Gasteiger partial charge in [-0.3, -0.25) is 4.90 Å². The predicted molar refractivity (Wildman–Crippen MR) is 257 cm³/mol. The number of fused-ring (bicyclic) bond motifs is 4. The maximum absolute atomic E-state index is 17.9. The Balaban J connectivity index is 1.13. The molecule has 0 N–H and O–H groups in total. The number of anilines is 1. The van der Waals surface area contributed by atoms with Gasteiger partial charge in [-0.2, -0.15) is 9.97 Å². The number of rotatable bonds is 10. The number of ether oxygens (including phenoxy) is 2. The zero-order chi connectivity index (χ0) is 45.5. The van der Waals surface area contributed by atoms with Crippen LogP contribution in [0.3, 0.4) is 0 Å². The number of amides is 1. The van der Waals surface area contributed by atoms with Crippen molar-refractivity contribution in [1.82, 2.24) is 19.8 Å². The lowest BCUT2D eigenvalue weighted by atomic mass is 9.91. The van der Waals surface area contributed by atoms with E-state index in [4.69, 9.17) is 19.4 Å². The fourth-order valence-corrected chi connectivity index (χ4v) is 17.2. The van der Waals surface area contributed by atoms with Crippen LogP contribution < -0.4 is 9.64 Å². The molecule has 9 rings (SSSR count). The predicted octanol–water partition coefficient (Wildman–Crippen LogP) is 12.2. The summed E-state index contributed by atoms with van der Waals surface area (Å²) in [5.41, 5.74) is 7.18. The van der Waals surface area contributed by atoms with Gasteiger partial charge in [0.2, 0.25) is 0 Å². The van der Waals surface area contributed by atoms with Gasteiger partial charge >= 0.3 is 12.1 Å². The first-order valence-electron chi connectivity index (χ1n) is 24.2. The van der Waals surface area contributed by atoms with Crippen molar-refractivity contribution in [3.05, 3.63) is 59.2 Å². The van der Waals surface area contributed by atoms with Gasteiger partial charge in [-0.25, -0.2) is 13.6 Å². The Morgan fingerprint density at radius 2 is 1.56 bits per heavy atom. The average Bonchev–Trinajstić information content (AvgIpc) is 4.15. The van der Waals surface area contributed by atoms with Gasteiger partial charge in [0.1, 0.15) is 30.8 Å². The van der Waals surface area contributed by atoms with Gasteiger partial charge in [-0.05, 0) is 143 Å². The van der Waals surface area contributed by atoms with Crippen LogP contribution in [0.2, 0.25) is 16.6 Å². The number of likely N-dealkylation sites (tertiary alicyclic amines) is 1. The zero-order valence-electron chi connectivity index (χ0n) is 40.0. The Bertz CT molecular complexity index is 2490. The number of aryl methyl sites for hydroxylation is 1. The molecule has 342 valence electrons. The van der Waals surface area contributed by atoms with Crippen LogP contribution in [0.1, 0.15) is 125 Å². The fraction of sp³-hybridized carbons (Fsp3) is 0.604. The van der Waals surface area contributed by atoms with Gasteiger partial charge in [0, 0.05) is 41.4 Å². The molecule has 8 nitrogen and oxygen atoms in total. The van der Waals surface area contributed by atoms with E-state index >= 15 is 8.78 Å². The van der Waals surface area contributed by atoms with Crippen LogP contribution in [-0.2, 0) is 4.74 Å². The van der Waals surface area contributed by atoms with Crippen LogP contribution in [0.5, 0.6) is 6.01 Å². The zero-order valence-corrected chi connectivity index (χ0v) is 41.0. The smallest absolute Gasteiger partial charge is 0.410 e. The molecule has 2 atom stereocenters. The Morgan fingerprint density at radius 3 is 2.16 bits per heavy atom. The molecule has 5 aliphatic rings. The number of aromatic nitrogens is 2. The maximum atomic E-state index is 17.9. The number of halogens is 2. The average molecular weight is 890 g/mol. The van der Waals surface area contributed by atoms with Crippen molar-refractivity contribution in [1.29, 1.82) is 0 Å². The number of carbonyl (C=O) groups excluding carboxylic acids is 1. The monoisotopic (exact) mass is 890 g/mol. The second-order valence-corrected chi connectivity index (χ2v) is 28.0. The molecule has 1 spiro atoms. The molecule has 1 amide bonds. The maximum Gasteiger partial charge on any atom is 0.410 e. The molecular weight excluding hydrogens is 821 g/mol. The Hall–Kier alpha value is -4.27.